The summed E-state index contributed by atoms with van der Waals surface area (Å²) in [5.74, 6) is 0.727. The molecule has 0 radical (unpaired) electrons. The Kier molecular flexibility index (Phi) is 53.0. The van der Waals surface area contributed by atoms with E-state index in [1.54, 1.807) is 0 Å². The second-order valence-electron chi connectivity index (χ2n) is 24.8. The Hall–Kier alpha value is -1.94. The van der Waals surface area contributed by atoms with Gasteiger partial charge in [0.15, 0.2) is 12.2 Å². The predicted molar refractivity (Wildman–Crippen MR) is 331 cm³/mol. The number of aliphatic hydroxyl groups excluding tert-OH is 1. The molecule has 0 fully saturated rings. The predicted octanol–water partition coefficient (Wildman–Crippen LogP) is 17.4. The zero-order chi connectivity index (χ0) is 61.8. The van der Waals surface area contributed by atoms with E-state index in [1.807, 2.05) is 0 Å². The van der Waals surface area contributed by atoms with Crippen molar-refractivity contribution in [1.29, 1.82) is 0 Å². The number of carbonyl (C=O) groups excluding carboxylic acids is 4. The SMILES string of the molecule is CCC(C)CCCCCCCCC(=O)O[C@H](COC(=O)CCCCCCCCC(C)C)COP(=O)(O)OCC(O)COP(=O)(O)OC[C@@H](COC(=O)CCCCCCCCCC(C)C)OC(=O)CCCCCCCCCCCCCC(C)C. The molecule has 3 N–H and O–H groups in total. The van der Waals surface area contributed by atoms with Crippen molar-refractivity contribution in [2.24, 2.45) is 23.7 Å². The number of ether oxygens (including phenoxy) is 4. The Labute approximate surface area is 505 Å². The normalized spacial score (nSPS) is 14.8. The van der Waals surface area contributed by atoms with Crippen LogP contribution in [0, 0.1) is 23.7 Å². The third kappa shape index (κ3) is 57.6. The number of esters is 4. The number of phosphoric ester groups is 2. The zero-order valence-electron chi connectivity index (χ0n) is 53.8. The molecule has 0 heterocycles. The van der Waals surface area contributed by atoms with Crippen molar-refractivity contribution < 1.29 is 80.2 Å². The summed E-state index contributed by atoms with van der Waals surface area (Å²) in [6.07, 6.45) is 33.7. The van der Waals surface area contributed by atoms with Gasteiger partial charge >= 0.3 is 39.5 Å². The van der Waals surface area contributed by atoms with Gasteiger partial charge in [-0.15, -0.1) is 0 Å². The number of aliphatic hydroxyl groups is 1. The third-order valence-corrected chi connectivity index (χ3v) is 16.8. The first-order valence-electron chi connectivity index (χ1n) is 33.2. The maximum atomic E-state index is 13.0. The first-order chi connectivity index (χ1) is 39.6. The fourth-order valence-electron chi connectivity index (χ4n) is 9.40. The molecule has 0 amide bonds. The average Bonchev–Trinajstić information content (AvgIpc) is 3.44. The highest BCUT2D eigenvalue weighted by atomic mass is 31.2. The highest BCUT2D eigenvalue weighted by Gasteiger charge is 2.30. The molecule has 0 saturated carbocycles. The fourth-order valence-corrected chi connectivity index (χ4v) is 11.0. The summed E-state index contributed by atoms with van der Waals surface area (Å²) < 4.78 is 68.0. The van der Waals surface area contributed by atoms with Crippen LogP contribution in [0.1, 0.15) is 306 Å². The van der Waals surface area contributed by atoms with E-state index in [4.69, 9.17) is 37.0 Å². The summed E-state index contributed by atoms with van der Waals surface area (Å²) in [6.45, 7) is 13.9. The topological polar surface area (TPSA) is 237 Å². The zero-order valence-corrected chi connectivity index (χ0v) is 55.6. The van der Waals surface area contributed by atoms with E-state index >= 15 is 0 Å². The summed E-state index contributed by atoms with van der Waals surface area (Å²) >= 11 is 0. The lowest BCUT2D eigenvalue weighted by Gasteiger charge is -2.21. The van der Waals surface area contributed by atoms with Gasteiger partial charge in [0.2, 0.25) is 0 Å². The van der Waals surface area contributed by atoms with Crippen LogP contribution in [0.3, 0.4) is 0 Å². The summed E-state index contributed by atoms with van der Waals surface area (Å²) in [5, 5.41) is 10.5. The standard InChI is InChI=1S/C64H124O17P2/c1-9-57(8)43-35-27-21-23-31-39-47-64(69)81-60(51-75-62(67)45-37-29-22-20-26-34-42-56(6)7)53-79-83(72,73)77-49-58(65)48-76-82(70,71)78-52-59(50-74-61(66)44-36-28-19-15-17-25-33-41-55(4)5)80-63(68)46-38-30-18-14-12-10-11-13-16-24-32-40-54(2)3/h54-60,65H,9-53H2,1-8H3,(H,70,71)(H,72,73)/t57?,58?,59-,60-/m1/s1. The van der Waals surface area contributed by atoms with Gasteiger partial charge in [-0.05, 0) is 49.4 Å². The van der Waals surface area contributed by atoms with Crippen LogP contribution in [0.2, 0.25) is 0 Å². The molecule has 0 aromatic carbocycles. The second-order valence-corrected chi connectivity index (χ2v) is 27.7. The minimum absolute atomic E-state index is 0.101. The van der Waals surface area contributed by atoms with Gasteiger partial charge in [0, 0.05) is 25.7 Å². The highest BCUT2D eigenvalue weighted by molar-refractivity contribution is 7.47. The van der Waals surface area contributed by atoms with E-state index in [0.717, 1.165) is 115 Å². The fraction of sp³-hybridized carbons (Fsp3) is 0.938. The molecular formula is C64H124O17P2. The van der Waals surface area contributed by atoms with Gasteiger partial charge in [-0.25, -0.2) is 9.13 Å². The van der Waals surface area contributed by atoms with Crippen molar-refractivity contribution in [3.63, 3.8) is 0 Å². The Bertz CT molecular complexity index is 1660. The van der Waals surface area contributed by atoms with Gasteiger partial charge in [0.1, 0.15) is 19.3 Å². The van der Waals surface area contributed by atoms with Gasteiger partial charge in [-0.2, -0.15) is 0 Å². The molecule has 0 aliphatic rings. The summed E-state index contributed by atoms with van der Waals surface area (Å²) in [5.41, 5.74) is 0. The average molecular weight is 1230 g/mol. The van der Waals surface area contributed by atoms with Crippen molar-refractivity contribution in [3.05, 3.63) is 0 Å². The van der Waals surface area contributed by atoms with Gasteiger partial charge < -0.3 is 33.8 Å². The van der Waals surface area contributed by atoms with Crippen LogP contribution in [0.25, 0.3) is 0 Å². The molecule has 492 valence electrons. The van der Waals surface area contributed by atoms with Crippen LogP contribution >= 0.6 is 15.6 Å². The van der Waals surface area contributed by atoms with Crippen molar-refractivity contribution in [2.45, 2.75) is 324 Å². The number of rotatable bonds is 61. The number of phosphoric acid groups is 2. The number of hydrogen-bond acceptors (Lipinski definition) is 15. The minimum Gasteiger partial charge on any atom is -0.462 e. The molecule has 0 aliphatic carbocycles. The highest BCUT2D eigenvalue weighted by Crippen LogP contribution is 2.45. The van der Waals surface area contributed by atoms with Crippen molar-refractivity contribution in [3.8, 4) is 0 Å². The summed E-state index contributed by atoms with van der Waals surface area (Å²) in [7, 11) is -9.89. The van der Waals surface area contributed by atoms with Crippen molar-refractivity contribution in [2.75, 3.05) is 39.6 Å². The largest absolute Gasteiger partial charge is 0.472 e. The molecule has 0 spiro atoms. The first-order valence-corrected chi connectivity index (χ1v) is 36.2. The van der Waals surface area contributed by atoms with Crippen LogP contribution < -0.4 is 0 Å². The van der Waals surface area contributed by atoms with Crippen LogP contribution in [0.4, 0.5) is 0 Å². The van der Waals surface area contributed by atoms with E-state index in [-0.39, 0.29) is 25.7 Å². The van der Waals surface area contributed by atoms with Gasteiger partial charge in [0.05, 0.1) is 26.4 Å². The molecule has 17 nitrogen and oxygen atoms in total. The van der Waals surface area contributed by atoms with Crippen molar-refractivity contribution in [1.82, 2.24) is 0 Å². The maximum Gasteiger partial charge on any atom is 0.472 e. The number of carbonyl (C=O) groups is 4. The van der Waals surface area contributed by atoms with Gasteiger partial charge in [-0.1, -0.05) is 254 Å². The molecule has 6 atom stereocenters. The quantitative estimate of drug-likeness (QED) is 0.0222. The monoisotopic (exact) mass is 1230 g/mol. The summed E-state index contributed by atoms with van der Waals surface area (Å²) in [4.78, 5) is 72.2. The van der Waals surface area contributed by atoms with E-state index in [2.05, 4.69) is 55.4 Å². The molecule has 83 heavy (non-hydrogen) atoms. The van der Waals surface area contributed by atoms with Crippen LogP contribution in [-0.2, 0) is 65.4 Å². The smallest absolute Gasteiger partial charge is 0.462 e. The van der Waals surface area contributed by atoms with Crippen LogP contribution in [-0.4, -0.2) is 96.7 Å². The Balaban J connectivity index is 5.25. The molecular weight excluding hydrogens is 1100 g/mol. The van der Waals surface area contributed by atoms with E-state index in [1.165, 1.54) is 96.3 Å². The lowest BCUT2D eigenvalue weighted by Crippen LogP contribution is -2.30. The lowest BCUT2D eigenvalue weighted by molar-refractivity contribution is -0.161. The molecule has 0 rings (SSSR count). The summed E-state index contributed by atoms with van der Waals surface area (Å²) in [6, 6.07) is 0. The van der Waals surface area contributed by atoms with Crippen LogP contribution in [0.5, 0.6) is 0 Å². The Morgan fingerprint density at radius 1 is 0.337 bits per heavy atom. The number of unbranched alkanes of at least 4 members (excludes halogenated alkanes) is 26. The van der Waals surface area contributed by atoms with Gasteiger partial charge in [-0.3, -0.25) is 37.3 Å². The third-order valence-electron chi connectivity index (χ3n) is 14.9. The molecule has 4 unspecified atom stereocenters. The minimum atomic E-state index is -4.95. The second kappa shape index (κ2) is 54.2. The van der Waals surface area contributed by atoms with E-state index < -0.39 is 97.5 Å². The van der Waals surface area contributed by atoms with Crippen LogP contribution in [0.15, 0.2) is 0 Å². The molecule has 0 aromatic rings. The Morgan fingerprint density at radius 3 is 0.855 bits per heavy atom. The van der Waals surface area contributed by atoms with Crippen molar-refractivity contribution >= 4 is 39.5 Å². The molecule has 19 heteroatoms. The molecule has 0 saturated heterocycles. The maximum absolute atomic E-state index is 13.0. The van der Waals surface area contributed by atoms with Gasteiger partial charge in [0.25, 0.3) is 0 Å². The molecule has 0 aliphatic heterocycles. The lowest BCUT2D eigenvalue weighted by atomic mass is 10.00. The molecule has 0 aromatic heterocycles. The molecule has 0 bridgehead atoms. The van der Waals surface area contributed by atoms with E-state index in [9.17, 15) is 43.2 Å². The van der Waals surface area contributed by atoms with E-state index in [0.29, 0.717) is 37.5 Å². The first kappa shape index (κ1) is 81.1. The Morgan fingerprint density at radius 2 is 0.578 bits per heavy atom. The number of hydrogen-bond donors (Lipinski definition) is 3.